The molecule has 1 heterocycles. The molecule has 6 heteroatoms. The smallest absolute Gasteiger partial charge is 0.227 e. The molecular weight excluding hydrogens is 265 g/mol. The Morgan fingerprint density at radius 1 is 1.42 bits per heavy atom. The second-order valence-corrected chi connectivity index (χ2v) is 4.86. The summed E-state index contributed by atoms with van der Waals surface area (Å²) in [6.45, 7) is 0.305. The van der Waals surface area contributed by atoms with Gasteiger partial charge in [-0.15, -0.1) is 11.3 Å². The monoisotopic (exact) mass is 279 g/mol. The number of hydrogen-bond donors (Lipinski definition) is 2. The van der Waals surface area contributed by atoms with Crippen LogP contribution in [0.4, 0.5) is 9.52 Å². The first kappa shape index (κ1) is 13.6. The van der Waals surface area contributed by atoms with Crippen LogP contribution in [-0.2, 0) is 11.2 Å². The van der Waals surface area contributed by atoms with E-state index in [1.807, 2.05) is 5.38 Å². The number of thiazole rings is 1. The number of benzene rings is 1. The molecule has 1 aromatic carbocycles. The Labute approximate surface area is 114 Å². The van der Waals surface area contributed by atoms with Crippen molar-refractivity contribution < 1.29 is 9.18 Å². The first-order valence-corrected chi connectivity index (χ1v) is 6.74. The molecule has 0 radical (unpaired) electrons. The van der Waals surface area contributed by atoms with Crippen molar-refractivity contribution in [3.05, 3.63) is 46.7 Å². The quantitative estimate of drug-likeness (QED) is 0.881. The van der Waals surface area contributed by atoms with E-state index < -0.39 is 0 Å². The average Bonchev–Trinajstić information content (AvgIpc) is 2.80. The van der Waals surface area contributed by atoms with Crippen LogP contribution in [0.15, 0.2) is 29.6 Å². The van der Waals surface area contributed by atoms with Gasteiger partial charge in [0.2, 0.25) is 5.91 Å². The molecule has 100 valence electrons. The SMILES string of the molecule is NCCC(=O)Nc1nc(Cc2ccccc2F)cs1. The highest BCUT2D eigenvalue weighted by molar-refractivity contribution is 7.13. The van der Waals surface area contributed by atoms with Crippen molar-refractivity contribution in [1.82, 2.24) is 4.98 Å². The molecule has 2 rings (SSSR count). The number of carbonyl (C=O) groups excluding carboxylic acids is 1. The van der Waals surface area contributed by atoms with Crippen molar-refractivity contribution in [2.75, 3.05) is 11.9 Å². The number of nitrogens with one attached hydrogen (secondary N) is 1. The van der Waals surface area contributed by atoms with Gasteiger partial charge in [0.1, 0.15) is 5.82 Å². The lowest BCUT2D eigenvalue weighted by molar-refractivity contribution is -0.116. The predicted molar refractivity (Wildman–Crippen MR) is 73.6 cm³/mol. The van der Waals surface area contributed by atoms with Gasteiger partial charge in [-0.05, 0) is 11.6 Å². The first-order chi connectivity index (χ1) is 9.19. The first-order valence-electron chi connectivity index (χ1n) is 5.87. The van der Waals surface area contributed by atoms with E-state index in [4.69, 9.17) is 5.73 Å². The maximum atomic E-state index is 13.5. The number of nitrogens with two attached hydrogens (primary N) is 1. The third-order valence-corrected chi connectivity index (χ3v) is 3.31. The fourth-order valence-corrected chi connectivity index (χ4v) is 2.32. The third-order valence-electron chi connectivity index (χ3n) is 2.50. The van der Waals surface area contributed by atoms with E-state index in [1.165, 1.54) is 17.4 Å². The molecule has 0 saturated heterocycles. The van der Waals surface area contributed by atoms with Crippen molar-refractivity contribution in [3.63, 3.8) is 0 Å². The van der Waals surface area contributed by atoms with Crippen molar-refractivity contribution in [1.29, 1.82) is 0 Å². The van der Waals surface area contributed by atoms with Gasteiger partial charge in [-0.2, -0.15) is 0 Å². The fraction of sp³-hybridized carbons (Fsp3) is 0.231. The molecule has 2 aromatic rings. The zero-order valence-electron chi connectivity index (χ0n) is 10.2. The largest absolute Gasteiger partial charge is 0.330 e. The lowest BCUT2D eigenvalue weighted by Crippen LogP contribution is -2.16. The summed E-state index contributed by atoms with van der Waals surface area (Å²) in [4.78, 5) is 15.6. The lowest BCUT2D eigenvalue weighted by atomic mass is 10.1. The lowest BCUT2D eigenvalue weighted by Gasteiger charge is -2.00. The van der Waals surface area contributed by atoms with E-state index in [0.717, 1.165) is 5.69 Å². The van der Waals surface area contributed by atoms with Crippen molar-refractivity contribution >= 4 is 22.4 Å². The Balaban J connectivity index is 2.02. The molecule has 0 fully saturated rings. The van der Waals surface area contributed by atoms with E-state index in [2.05, 4.69) is 10.3 Å². The standard InChI is InChI=1S/C13H14FN3OS/c14-11-4-2-1-3-9(11)7-10-8-19-13(16-10)17-12(18)5-6-15/h1-4,8H,5-7,15H2,(H,16,17,18). The zero-order valence-corrected chi connectivity index (χ0v) is 11.0. The van der Waals surface area contributed by atoms with Gasteiger partial charge in [-0.3, -0.25) is 4.79 Å². The van der Waals surface area contributed by atoms with Crippen LogP contribution < -0.4 is 11.1 Å². The van der Waals surface area contributed by atoms with E-state index in [-0.39, 0.29) is 18.1 Å². The van der Waals surface area contributed by atoms with Gasteiger partial charge in [0.25, 0.3) is 0 Å². The second kappa shape index (κ2) is 6.40. The molecule has 1 aromatic heterocycles. The summed E-state index contributed by atoms with van der Waals surface area (Å²) in [6.07, 6.45) is 0.679. The van der Waals surface area contributed by atoms with E-state index >= 15 is 0 Å². The number of carbonyl (C=O) groups is 1. The highest BCUT2D eigenvalue weighted by Gasteiger charge is 2.08. The van der Waals surface area contributed by atoms with Gasteiger partial charge in [0.05, 0.1) is 5.69 Å². The van der Waals surface area contributed by atoms with Crippen LogP contribution >= 0.6 is 11.3 Å². The van der Waals surface area contributed by atoms with Crippen LogP contribution in [0.5, 0.6) is 0 Å². The van der Waals surface area contributed by atoms with Crippen LogP contribution in [0, 0.1) is 5.82 Å². The fourth-order valence-electron chi connectivity index (χ4n) is 1.60. The summed E-state index contributed by atoms with van der Waals surface area (Å²) >= 11 is 1.32. The van der Waals surface area contributed by atoms with Crippen LogP contribution in [0.3, 0.4) is 0 Å². The maximum absolute atomic E-state index is 13.5. The highest BCUT2D eigenvalue weighted by atomic mass is 32.1. The molecule has 1 amide bonds. The van der Waals surface area contributed by atoms with Crippen molar-refractivity contribution in [2.45, 2.75) is 12.8 Å². The number of hydrogen-bond acceptors (Lipinski definition) is 4. The normalized spacial score (nSPS) is 10.4. The predicted octanol–water partition coefficient (Wildman–Crippen LogP) is 2.16. The minimum Gasteiger partial charge on any atom is -0.330 e. The number of nitrogens with zero attached hydrogens (tertiary/aromatic N) is 1. The molecule has 4 nitrogen and oxygen atoms in total. The van der Waals surface area contributed by atoms with Gasteiger partial charge < -0.3 is 11.1 Å². The van der Waals surface area contributed by atoms with Crippen LogP contribution in [0.2, 0.25) is 0 Å². The Morgan fingerprint density at radius 2 is 2.21 bits per heavy atom. The van der Waals surface area contributed by atoms with Crippen LogP contribution in [0.1, 0.15) is 17.7 Å². The summed E-state index contributed by atoms with van der Waals surface area (Å²) in [5.41, 5.74) is 6.61. The van der Waals surface area contributed by atoms with Crippen LogP contribution in [-0.4, -0.2) is 17.4 Å². The van der Waals surface area contributed by atoms with E-state index in [1.54, 1.807) is 18.2 Å². The molecule has 0 aliphatic heterocycles. The maximum Gasteiger partial charge on any atom is 0.227 e. The summed E-state index contributed by atoms with van der Waals surface area (Å²) in [6, 6.07) is 6.58. The van der Waals surface area contributed by atoms with Gasteiger partial charge in [-0.1, -0.05) is 18.2 Å². The molecule has 0 atom stereocenters. The Bertz CT molecular complexity index is 571. The van der Waals surface area contributed by atoms with Gasteiger partial charge in [0.15, 0.2) is 5.13 Å². The number of aromatic nitrogens is 1. The third kappa shape index (κ3) is 3.84. The van der Waals surface area contributed by atoms with Crippen molar-refractivity contribution in [2.24, 2.45) is 5.73 Å². The number of rotatable bonds is 5. The number of halogens is 1. The molecule has 0 aliphatic carbocycles. The highest BCUT2D eigenvalue weighted by Crippen LogP contribution is 2.19. The zero-order chi connectivity index (χ0) is 13.7. The number of anilines is 1. The van der Waals surface area contributed by atoms with Crippen LogP contribution in [0.25, 0.3) is 0 Å². The van der Waals surface area contributed by atoms with E-state index in [0.29, 0.717) is 23.7 Å². The van der Waals surface area contributed by atoms with Gasteiger partial charge in [-0.25, -0.2) is 9.37 Å². The minimum absolute atomic E-state index is 0.158. The second-order valence-electron chi connectivity index (χ2n) is 4.00. The molecular formula is C13H14FN3OS. The summed E-state index contributed by atoms with van der Waals surface area (Å²) in [7, 11) is 0. The van der Waals surface area contributed by atoms with Gasteiger partial charge >= 0.3 is 0 Å². The summed E-state index contributed by atoms with van der Waals surface area (Å²) < 4.78 is 13.5. The Morgan fingerprint density at radius 3 is 2.95 bits per heavy atom. The molecule has 0 saturated carbocycles. The average molecular weight is 279 g/mol. The Kier molecular flexibility index (Phi) is 4.59. The van der Waals surface area contributed by atoms with Crippen molar-refractivity contribution in [3.8, 4) is 0 Å². The van der Waals surface area contributed by atoms with Gasteiger partial charge in [0, 0.05) is 24.8 Å². The molecule has 19 heavy (non-hydrogen) atoms. The number of amides is 1. The molecule has 0 aliphatic rings. The Hall–Kier alpha value is -1.79. The molecule has 0 bridgehead atoms. The minimum atomic E-state index is -0.246. The molecule has 0 unspecified atom stereocenters. The summed E-state index contributed by atoms with van der Waals surface area (Å²) in [5, 5.41) is 4.99. The topological polar surface area (TPSA) is 68.0 Å². The molecule has 3 N–H and O–H groups in total. The van der Waals surface area contributed by atoms with E-state index in [9.17, 15) is 9.18 Å². The summed E-state index contributed by atoms with van der Waals surface area (Å²) in [5.74, 6) is -0.404. The molecule has 0 spiro atoms.